The Morgan fingerprint density at radius 2 is 2.11 bits per heavy atom. The SMILES string of the molecule is C#CCCCNc1c(C#N)nnc2ccccc12. The minimum absolute atomic E-state index is 0.314. The molecule has 88 valence electrons. The fourth-order valence-electron chi connectivity index (χ4n) is 1.71. The van der Waals surface area contributed by atoms with Gasteiger partial charge in [0.1, 0.15) is 6.07 Å². The van der Waals surface area contributed by atoms with Gasteiger partial charge < -0.3 is 5.32 Å². The van der Waals surface area contributed by atoms with E-state index in [0.717, 1.165) is 23.0 Å². The van der Waals surface area contributed by atoms with Gasteiger partial charge in [-0.15, -0.1) is 22.5 Å². The van der Waals surface area contributed by atoms with E-state index in [1.54, 1.807) is 0 Å². The summed E-state index contributed by atoms with van der Waals surface area (Å²) in [4.78, 5) is 0. The molecule has 0 aliphatic rings. The maximum absolute atomic E-state index is 9.06. The monoisotopic (exact) mass is 236 g/mol. The van der Waals surface area contributed by atoms with E-state index in [2.05, 4.69) is 27.5 Å². The van der Waals surface area contributed by atoms with Crippen LogP contribution in [0, 0.1) is 23.7 Å². The molecule has 1 aromatic carbocycles. The average molecular weight is 236 g/mol. The topological polar surface area (TPSA) is 61.6 Å². The largest absolute Gasteiger partial charge is 0.382 e. The lowest BCUT2D eigenvalue weighted by Crippen LogP contribution is -2.06. The Morgan fingerprint density at radius 3 is 2.89 bits per heavy atom. The molecule has 1 aromatic heterocycles. The van der Waals surface area contributed by atoms with Crippen molar-refractivity contribution in [3.8, 4) is 18.4 Å². The predicted octanol–water partition coefficient (Wildman–Crippen LogP) is 2.33. The number of fused-ring (bicyclic) bond motifs is 1. The highest BCUT2D eigenvalue weighted by Crippen LogP contribution is 2.23. The standard InChI is InChI=1S/C14H12N4/c1-2-3-6-9-16-14-11-7-4-5-8-12(11)17-18-13(14)10-15/h1,4-5,7-8H,3,6,9H2,(H,16,17). The van der Waals surface area contributed by atoms with Crippen molar-refractivity contribution in [1.82, 2.24) is 10.2 Å². The number of aromatic nitrogens is 2. The van der Waals surface area contributed by atoms with Crippen molar-refractivity contribution in [2.45, 2.75) is 12.8 Å². The third kappa shape index (κ3) is 2.39. The molecule has 1 heterocycles. The van der Waals surface area contributed by atoms with Crippen molar-refractivity contribution >= 4 is 16.6 Å². The lowest BCUT2D eigenvalue weighted by molar-refractivity contribution is 0.904. The van der Waals surface area contributed by atoms with Gasteiger partial charge in [-0.1, -0.05) is 18.2 Å². The molecule has 18 heavy (non-hydrogen) atoms. The quantitative estimate of drug-likeness (QED) is 0.653. The maximum atomic E-state index is 9.06. The first kappa shape index (κ1) is 11.9. The lowest BCUT2D eigenvalue weighted by Gasteiger charge is -2.09. The molecule has 0 bridgehead atoms. The summed E-state index contributed by atoms with van der Waals surface area (Å²) < 4.78 is 0. The molecule has 0 atom stereocenters. The van der Waals surface area contributed by atoms with E-state index in [9.17, 15) is 0 Å². The highest BCUT2D eigenvalue weighted by atomic mass is 15.1. The van der Waals surface area contributed by atoms with Gasteiger partial charge in [0.15, 0.2) is 5.69 Å². The Bertz CT molecular complexity index is 634. The van der Waals surface area contributed by atoms with Gasteiger partial charge in [0.05, 0.1) is 11.2 Å². The molecule has 1 N–H and O–H groups in total. The van der Waals surface area contributed by atoms with E-state index in [1.165, 1.54) is 0 Å². The second-order valence-corrected chi connectivity index (χ2v) is 3.79. The Morgan fingerprint density at radius 1 is 1.28 bits per heavy atom. The fourth-order valence-corrected chi connectivity index (χ4v) is 1.71. The number of nitrogens with one attached hydrogen (secondary N) is 1. The van der Waals surface area contributed by atoms with Crippen LogP contribution in [0.3, 0.4) is 0 Å². The average Bonchev–Trinajstić information content (AvgIpc) is 2.43. The molecule has 0 aliphatic heterocycles. The number of hydrogen-bond donors (Lipinski definition) is 1. The molecule has 4 heteroatoms. The van der Waals surface area contributed by atoms with E-state index in [0.29, 0.717) is 18.7 Å². The zero-order valence-electron chi connectivity index (χ0n) is 9.85. The Kier molecular flexibility index (Phi) is 3.73. The van der Waals surface area contributed by atoms with Crippen LogP contribution in [0.4, 0.5) is 5.69 Å². The number of nitriles is 1. The van der Waals surface area contributed by atoms with Gasteiger partial charge in [-0.05, 0) is 12.5 Å². The van der Waals surface area contributed by atoms with E-state index in [-0.39, 0.29) is 0 Å². The summed E-state index contributed by atoms with van der Waals surface area (Å²) >= 11 is 0. The van der Waals surface area contributed by atoms with Crippen LogP contribution in [0.15, 0.2) is 24.3 Å². The number of benzene rings is 1. The Balaban J connectivity index is 2.34. The summed E-state index contributed by atoms with van der Waals surface area (Å²) in [6.45, 7) is 0.717. The van der Waals surface area contributed by atoms with Crippen molar-refractivity contribution in [1.29, 1.82) is 5.26 Å². The van der Waals surface area contributed by atoms with Crippen LogP contribution in [-0.4, -0.2) is 16.7 Å². The maximum Gasteiger partial charge on any atom is 0.186 e. The molecule has 0 spiro atoms. The van der Waals surface area contributed by atoms with Gasteiger partial charge >= 0.3 is 0 Å². The Hall–Kier alpha value is -2.59. The van der Waals surface area contributed by atoms with Crippen LogP contribution in [-0.2, 0) is 0 Å². The smallest absolute Gasteiger partial charge is 0.186 e. The van der Waals surface area contributed by atoms with E-state index >= 15 is 0 Å². The highest BCUT2D eigenvalue weighted by molar-refractivity contribution is 5.92. The van der Waals surface area contributed by atoms with E-state index < -0.39 is 0 Å². The first-order chi connectivity index (χ1) is 8.86. The number of unbranched alkanes of at least 4 members (excludes halogenated alkanes) is 1. The minimum Gasteiger partial charge on any atom is -0.382 e. The van der Waals surface area contributed by atoms with Crippen molar-refractivity contribution in [3.63, 3.8) is 0 Å². The van der Waals surface area contributed by atoms with Crippen LogP contribution in [0.25, 0.3) is 10.9 Å². The molecule has 4 nitrogen and oxygen atoms in total. The summed E-state index contributed by atoms with van der Waals surface area (Å²) in [7, 11) is 0. The summed E-state index contributed by atoms with van der Waals surface area (Å²) in [5.41, 5.74) is 1.82. The molecule has 0 radical (unpaired) electrons. The third-order valence-electron chi connectivity index (χ3n) is 2.57. The van der Waals surface area contributed by atoms with Gasteiger partial charge in [0.25, 0.3) is 0 Å². The lowest BCUT2D eigenvalue weighted by atomic mass is 10.1. The van der Waals surface area contributed by atoms with Gasteiger partial charge in [0, 0.05) is 18.4 Å². The zero-order valence-corrected chi connectivity index (χ0v) is 9.85. The van der Waals surface area contributed by atoms with Gasteiger partial charge in [-0.3, -0.25) is 0 Å². The van der Waals surface area contributed by atoms with Crippen LogP contribution < -0.4 is 5.32 Å². The minimum atomic E-state index is 0.314. The molecular weight excluding hydrogens is 224 g/mol. The molecule has 0 amide bonds. The highest BCUT2D eigenvalue weighted by Gasteiger charge is 2.08. The molecule has 2 rings (SSSR count). The zero-order chi connectivity index (χ0) is 12.8. The first-order valence-corrected chi connectivity index (χ1v) is 5.69. The second-order valence-electron chi connectivity index (χ2n) is 3.79. The van der Waals surface area contributed by atoms with Crippen molar-refractivity contribution in [2.75, 3.05) is 11.9 Å². The van der Waals surface area contributed by atoms with Crippen molar-refractivity contribution < 1.29 is 0 Å². The fraction of sp³-hybridized carbons (Fsp3) is 0.214. The number of rotatable bonds is 4. The van der Waals surface area contributed by atoms with Gasteiger partial charge in [0.2, 0.25) is 0 Å². The van der Waals surface area contributed by atoms with Gasteiger partial charge in [-0.2, -0.15) is 5.26 Å². The van der Waals surface area contributed by atoms with Crippen molar-refractivity contribution in [3.05, 3.63) is 30.0 Å². The van der Waals surface area contributed by atoms with Crippen LogP contribution in [0.5, 0.6) is 0 Å². The van der Waals surface area contributed by atoms with Crippen LogP contribution >= 0.6 is 0 Å². The third-order valence-corrected chi connectivity index (χ3v) is 2.57. The number of nitrogens with zero attached hydrogens (tertiary/aromatic N) is 3. The normalized spacial score (nSPS) is 9.67. The predicted molar refractivity (Wildman–Crippen MR) is 70.8 cm³/mol. The number of terminal acetylenes is 1. The number of hydrogen-bond acceptors (Lipinski definition) is 4. The van der Waals surface area contributed by atoms with Crippen LogP contribution in [0.2, 0.25) is 0 Å². The summed E-state index contributed by atoms with van der Waals surface area (Å²) in [5, 5.41) is 21.1. The summed E-state index contributed by atoms with van der Waals surface area (Å²) in [5.74, 6) is 2.59. The van der Waals surface area contributed by atoms with Crippen LogP contribution in [0.1, 0.15) is 18.5 Å². The first-order valence-electron chi connectivity index (χ1n) is 5.69. The number of anilines is 1. The molecule has 0 saturated carbocycles. The van der Waals surface area contributed by atoms with Gasteiger partial charge in [-0.25, -0.2) is 0 Å². The van der Waals surface area contributed by atoms with Crippen molar-refractivity contribution in [2.24, 2.45) is 0 Å². The second kappa shape index (κ2) is 5.65. The van der Waals surface area contributed by atoms with E-state index in [1.807, 2.05) is 24.3 Å². The molecule has 0 fully saturated rings. The molecular formula is C14H12N4. The summed E-state index contributed by atoms with van der Waals surface area (Å²) in [6.07, 6.45) is 6.77. The molecule has 0 unspecified atom stereocenters. The van der Waals surface area contributed by atoms with E-state index in [4.69, 9.17) is 11.7 Å². The Labute approximate surface area is 106 Å². The molecule has 0 saturated heterocycles. The molecule has 2 aromatic rings. The molecule has 0 aliphatic carbocycles. The summed E-state index contributed by atoms with van der Waals surface area (Å²) in [6, 6.07) is 9.66.